The van der Waals surface area contributed by atoms with Crippen LogP contribution in [0.2, 0.25) is 0 Å². The van der Waals surface area contributed by atoms with Crippen LogP contribution in [0.1, 0.15) is 17.0 Å². The molecular formula is C17H20N6O. The van der Waals surface area contributed by atoms with Crippen LogP contribution in [0.25, 0.3) is 10.9 Å². The zero-order chi connectivity index (χ0) is 16.7. The third-order valence-corrected chi connectivity index (χ3v) is 4.75. The molecule has 0 saturated carbocycles. The molecule has 2 atom stereocenters. The van der Waals surface area contributed by atoms with Crippen molar-refractivity contribution >= 4 is 22.5 Å². The molecule has 0 spiro atoms. The maximum Gasteiger partial charge on any atom is 0.229 e. The monoisotopic (exact) mass is 324 g/mol. The van der Waals surface area contributed by atoms with Gasteiger partial charge in [0.2, 0.25) is 5.91 Å². The summed E-state index contributed by atoms with van der Waals surface area (Å²) in [5.74, 6) is 0.0803. The number of nitrogens with zero attached hydrogens (tertiary/aromatic N) is 3. The number of aromatic amines is 1. The second kappa shape index (κ2) is 5.76. The van der Waals surface area contributed by atoms with Gasteiger partial charge in [0.1, 0.15) is 0 Å². The molecule has 1 aliphatic rings. The molecule has 0 radical (unpaired) electrons. The number of anilines is 1. The minimum absolute atomic E-state index is 0.0378. The van der Waals surface area contributed by atoms with Gasteiger partial charge in [0.05, 0.1) is 23.8 Å². The molecule has 3 N–H and O–H groups in total. The number of hydrogen-bond acceptors (Lipinski definition) is 4. The molecule has 1 aromatic carbocycles. The molecule has 7 heteroatoms. The highest BCUT2D eigenvalue weighted by molar-refractivity contribution is 5.96. The van der Waals surface area contributed by atoms with E-state index in [0.29, 0.717) is 6.54 Å². The van der Waals surface area contributed by atoms with E-state index in [-0.39, 0.29) is 17.7 Å². The molecule has 3 aromatic rings. The van der Waals surface area contributed by atoms with E-state index >= 15 is 0 Å². The van der Waals surface area contributed by atoms with Crippen molar-refractivity contribution in [1.29, 1.82) is 0 Å². The van der Waals surface area contributed by atoms with Crippen LogP contribution in [0, 0.1) is 12.8 Å². The van der Waals surface area contributed by atoms with Crippen LogP contribution in [-0.4, -0.2) is 39.0 Å². The van der Waals surface area contributed by atoms with Crippen LogP contribution < -0.4 is 10.6 Å². The number of rotatable bonds is 3. The van der Waals surface area contributed by atoms with Gasteiger partial charge >= 0.3 is 0 Å². The fourth-order valence-electron chi connectivity index (χ4n) is 3.40. The van der Waals surface area contributed by atoms with Crippen LogP contribution >= 0.6 is 0 Å². The molecule has 0 aliphatic carbocycles. The Hall–Kier alpha value is -2.67. The molecule has 24 heavy (non-hydrogen) atoms. The third-order valence-electron chi connectivity index (χ3n) is 4.75. The Morgan fingerprint density at radius 3 is 3.00 bits per heavy atom. The standard InChI is InChI=1S/C17H20N6O/c1-10-3-11-5-19-22-16(11)4-15(10)21-17(24)14-8-18-7-13(14)12-6-20-23(2)9-12/h3-6,9,13-14,18H,7-8H2,1-2H3,(H,19,22)(H,21,24)/t13-,14+/m1/s1. The predicted molar refractivity (Wildman–Crippen MR) is 91.8 cm³/mol. The summed E-state index contributed by atoms with van der Waals surface area (Å²) in [5, 5.41) is 18.7. The Balaban J connectivity index is 1.57. The summed E-state index contributed by atoms with van der Waals surface area (Å²) >= 11 is 0. The van der Waals surface area contributed by atoms with Gasteiger partial charge in [-0.25, -0.2) is 0 Å². The van der Waals surface area contributed by atoms with E-state index in [0.717, 1.165) is 34.3 Å². The van der Waals surface area contributed by atoms with Gasteiger partial charge in [0.25, 0.3) is 0 Å². The Morgan fingerprint density at radius 1 is 1.33 bits per heavy atom. The van der Waals surface area contributed by atoms with Gasteiger partial charge in [-0.05, 0) is 30.2 Å². The largest absolute Gasteiger partial charge is 0.325 e. The van der Waals surface area contributed by atoms with Gasteiger partial charge in [0.15, 0.2) is 0 Å². The first kappa shape index (κ1) is 14.9. The van der Waals surface area contributed by atoms with E-state index in [2.05, 4.69) is 25.9 Å². The van der Waals surface area contributed by atoms with E-state index in [1.807, 2.05) is 38.5 Å². The first-order valence-corrected chi connectivity index (χ1v) is 8.05. The zero-order valence-electron chi connectivity index (χ0n) is 13.7. The number of benzene rings is 1. The van der Waals surface area contributed by atoms with Crippen LogP contribution in [0.4, 0.5) is 5.69 Å². The van der Waals surface area contributed by atoms with E-state index in [4.69, 9.17) is 0 Å². The number of carbonyl (C=O) groups is 1. The molecule has 0 unspecified atom stereocenters. The topological polar surface area (TPSA) is 87.6 Å². The summed E-state index contributed by atoms with van der Waals surface area (Å²) in [6.07, 6.45) is 5.62. The molecular weight excluding hydrogens is 304 g/mol. The molecule has 2 aromatic heterocycles. The second-order valence-corrected chi connectivity index (χ2v) is 6.43. The van der Waals surface area contributed by atoms with Crippen molar-refractivity contribution in [2.75, 3.05) is 18.4 Å². The quantitative estimate of drug-likeness (QED) is 0.682. The van der Waals surface area contributed by atoms with Crippen molar-refractivity contribution in [3.05, 3.63) is 41.9 Å². The molecule has 0 bridgehead atoms. The summed E-state index contributed by atoms with van der Waals surface area (Å²) in [5.41, 5.74) is 3.88. The molecule has 4 rings (SSSR count). The highest BCUT2D eigenvalue weighted by Gasteiger charge is 2.34. The molecule has 1 aliphatic heterocycles. The highest BCUT2D eigenvalue weighted by atomic mass is 16.2. The van der Waals surface area contributed by atoms with E-state index in [1.54, 1.807) is 10.9 Å². The molecule has 7 nitrogen and oxygen atoms in total. The van der Waals surface area contributed by atoms with Gasteiger partial charge < -0.3 is 10.6 Å². The van der Waals surface area contributed by atoms with Crippen molar-refractivity contribution < 1.29 is 4.79 Å². The van der Waals surface area contributed by atoms with Crippen LogP contribution in [0.3, 0.4) is 0 Å². The number of fused-ring (bicyclic) bond motifs is 1. The van der Waals surface area contributed by atoms with E-state index in [1.165, 1.54) is 0 Å². The molecule has 1 amide bonds. The van der Waals surface area contributed by atoms with Crippen molar-refractivity contribution in [3.63, 3.8) is 0 Å². The smallest absolute Gasteiger partial charge is 0.229 e. The number of amides is 1. The molecule has 1 fully saturated rings. The number of carbonyl (C=O) groups excluding carboxylic acids is 1. The summed E-state index contributed by atoms with van der Waals surface area (Å²) in [7, 11) is 1.89. The SMILES string of the molecule is Cc1cc2cn[nH]c2cc1NC(=O)[C@H]1CNC[C@@H]1c1cnn(C)c1. The Labute approximate surface area is 139 Å². The predicted octanol–water partition coefficient (Wildman–Crippen LogP) is 1.55. The summed E-state index contributed by atoms with van der Waals surface area (Å²) < 4.78 is 1.78. The minimum Gasteiger partial charge on any atom is -0.325 e. The first-order valence-electron chi connectivity index (χ1n) is 8.05. The lowest BCUT2D eigenvalue weighted by molar-refractivity contribution is -0.119. The number of aromatic nitrogens is 4. The lowest BCUT2D eigenvalue weighted by atomic mass is 9.90. The number of aryl methyl sites for hydroxylation is 2. The average molecular weight is 324 g/mol. The lowest BCUT2D eigenvalue weighted by Gasteiger charge is -2.18. The normalized spacial score (nSPS) is 20.6. The summed E-state index contributed by atoms with van der Waals surface area (Å²) in [6.45, 7) is 3.46. The maximum atomic E-state index is 12.8. The van der Waals surface area contributed by atoms with Crippen molar-refractivity contribution in [2.45, 2.75) is 12.8 Å². The highest BCUT2D eigenvalue weighted by Crippen LogP contribution is 2.30. The summed E-state index contributed by atoms with van der Waals surface area (Å²) in [6, 6.07) is 3.97. The lowest BCUT2D eigenvalue weighted by Crippen LogP contribution is -2.28. The van der Waals surface area contributed by atoms with Crippen LogP contribution in [-0.2, 0) is 11.8 Å². The second-order valence-electron chi connectivity index (χ2n) is 6.43. The van der Waals surface area contributed by atoms with Crippen molar-refractivity contribution in [1.82, 2.24) is 25.3 Å². The van der Waals surface area contributed by atoms with Gasteiger partial charge in [0, 0.05) is 43.3 Å². The van der Waals surface area contributed by atoms with Gasteiger partial charge in [-0.3, -0.25) is 14.6 Å². The Bertz CT molecular complexity index is 896. The number of nitrogens with one attached hydrogen (secondary N) is 3. The van der Waals surface area contributed by atoms with Gasteiger partial charge in [-0.15, -0.1) is 0 Å². The van der Waals surface area contributed by atoms with E-state index < -0.39 is 0 Å². The minimum atomic E-state index is -0.105. The molecule has 124 valence electrons. The molecule has 1 saturated heterocycles. The zero-order valence-corrected chi connectivity index (χ0v) is 13.7. The molecule has 3 heterocycles. The Morgan fingerprint density at radius 2 is 2.21 bits per heavy atom. The first-order chi connectivity index (χ1) is 11.6. The van der Waals surface area contributed by atoms with Gasteiger partial charge in [-0.2, -0.15) is 10.2 Å². The fraction of sp³-hybridized carbons (Fsp3) is 0.353. The van der Waals surface area contributed by atoms with Crippen LogP contribution in [0.15, 0.2) is 30.7 Å². The van der Waals surface area contributed by atoms with E-state index in [9.17, 15) is 4.79 Å². The van der Waals surface area contributed by atoms with Crippen molar-refractivity contribution in [3.8, 4) is 0 Å². The maximum absolute atomic E-state index is 12.8. The van der Waals surface area contributed by atoms with Crippen LogP contribution in [0.5, 0.6) is 0 Å². The Kier molecular flexibility index (Phi) is 3.57. The fourth-order valence-corrected chi connectivity index (χ4v) is 3.40. The number of hydrogen-bond donors (Lipinski definition) is 3. The number of H-pyrrole nitrogens is 1. The third kappa shape index (κ3) is 2.56. The average Bonchev–Trinajstić information content (AvgIpc) is 3.26. The summed E-state index contributed by atoms with van der Waals surface area (Å²) in [4.78, 5) is 12.8. The van der Waals surface area contributed by atoms with Crippen molar-refractivity contribution in [2.24, 2.45) is 13.0 Å². The van der Waals surface area contributed by atoms with Gasteiger partial charge in [-0.1, -0.05) is 0 Å².